The summed E-state index contributed by atoms with van der Waals surface area (Å²) < 4.78 is 36.6. The van der Waals surface area contributed by atoms with Crippen molar-refractivity contribution in [3.05, 3.63) is 71.4 Å². The quantitative estimate of drug-likeness (QED) is 0.688. The summed E-state index contributed by atoms with van der Waals surface area (Å²) >= 11 is 0. The minimum atomic E-state index is -3.76. The van der Waals surface area contributed by atoms with Gasteiger partial charge in [0.15, 0.2) is 16.5 Å². The van der Waals surface area contributed by atoms with Crippen molar-refractivity contribution in [2.24, 2.45) is 0 Å². The Morgan fingerprint density at radius 1 is 0.933 bits per heavy atom. The molecule has 0 spiro atoms. The third-order valence-corrected chi connectivity index (χ3v) is 6.53. The molecule has 30 heavy (non-hydrogen) atoms. The van der Waals surface area contributed by atoms with Crippen LogP contribution in [-0.2, 0) is 9.84 Å². The van der Waals surface area contributed by atoms with Crippen LogP contribution in [0.15, 0.2) is 64.6 Å². The molecule has 1 N–H and O–H groups in total. The number of hydrogen-bond donors (Lipinski definition) is 1. The van der Waals surface area contributed by atoms with Crippen molar-refractivity contribution in [3.63, 3.8) is 0 Å². The topological polar surface area (TPSA) is 94.6 Å². The van der Waals surface area contributed by atoms with Crippen molar-refractivity contribution in [1.29, 1.82) is 0 Å². The van der Waals surface area contributed by atoms with E-state index in [-0.39, 0.29) is 15.5 Å². The highest BCUT2D eigenvalue weighted by atomic mass is 32.2. The summed E-state index contributed by atoms with van der Waals surface area (Å²) in [4.78, 5) is 16.7. The van der Waals surface area contributed by atoms with Crippen LogP contribution in [0.4, 0.5) is 5.69 Å². The average Bonchev–Trinajstić information content (AvgIpc) is 2.75. The minimum Gasteiger partial charge on any atom is -0.486 e. The number of ether oxygens (including phenoxy) is 2. The number of carbonyl (C=O) groups excluding carboxylic acids is 1. The summed E-state index contributed by atoms with van der Waals surface area (Å²) in [6.07, 6.45) is 1.25. The molecule has 0 aliphatic carbocycles. The van der Waals surface area contributed by atoms with E-state index in [4.69, 9.17) is 9.47 Å². The zero-order valence-corrected chi connectivity index (χ0v) is 17.3. The number of pyridine rings is 1. The molecule has 2 heterocycles. The molecule has 0 saturated heterocycles. The monoisotopic (exact) mass is 424 g/mol. The Labute approximate surface area is 174 Å². The van der Waals surface area contributed by atoms with E-state index in [9.17, 15) is 13.2 Å². The largest absolute Gasteiger partial charge is 0.486 e. The SMILES string of the molecule is Cc1ccc(S(=O)(=O)c2ccc(C(=O)Nc3ccc4c(c3)OCCO4)cn2)cc1C. The third kappa shape index (κ3) is 3.86. The second kappa shape index (κ2) is 7.79. The first-order valence-corrected chi connectivity index (χ1v) is 10.8. The van der Waals surface area contributed by atoms with E-state index in [0.717, 1.165) is 11.1 Å². The van der Waals surface area contributed by atoms with E-state index in [2.05, 4.69) is 10.3 Å². The Bertz CT molecular complexity index is 1220. The van der Waals surface area contributed by atoms with Crippen LogP contribution >= 0.6 is 0 Å². The molecule has 3 aromatic rings. The first-order valence-electron chi connectivity index (χ1n) is 9.34. The van der Waals surface area contributed by atoms with E-state index >= 15 is 0 Å². The Morgan fingerprint density at radius 2 is 1.70 bits per heavy atom. The van der Waals surface area contributed by atoms with Gasteiger partial charge in [-0.25, -0.2) is 13.4 Å². The predicted molar refractivity (Wildman–Crippen MR) is 111 cm³/mol. The summed E-state index contributed by atoms with van der Waals surface area (Å²) in [5, 5.41) is 2.64. The maximum atomic E-state index is 12.8. The Morgan fingerprint density at radius 3 is 2.40 bits per heavy atom. The van der Waals surface area contributed by atoms with Crippen molar-refractivity contribution < 1.29 is 22.7 Å². The van der Waals surface area contributed by atoms with E-state index in [1.54, 1.807) is 36.4 Å². The zero-order valence-electron chi connectivity index (χ0n) is 16.5. The lowest BCUT2D eigenvalue weighted by molar-refractivity contribution is 0.102. The maximum absolute atomic E-state index is 12.8. The summed E-state index contributed by atoms with van der Waals surface area (Å²) in [5.41, 5.74) is 2.67. The number of benzene rings is 2. The van der Waals surface area contributed by atoms with Gasteiger partial charge >= 0.3 is 0 Å². The molecule has 0 fully saturated rings. The van der Waals surface area contributed by atoms with Crippen molar-refractivity contribution in [2.75, 3.05) is 18.5 Å². The maximum Gasteiger partial charge on any atom is 0.257 e. The molecule has 0 saturated carbocycles. The Kier molecular flexibility index (Phi) is 5.17. The number of rotatable bonds is 4. The molecule has 8 heteroatoms. The van der Waals surface area contributed by atoms with Crippen LogP contribution in [-0.4, -0.2) is 32.5 Å². The van der Waals surface area contributed by atoms with Gasteiger partial charge in [-0.05, 0) is 61.4 Å². The van der Waals surface area contributed by atoms with Crippen molar-refractivity contribution in [1.82, 2.24) is 4.98 Å². The van der Waals surface area contributed by atoms with Crippen LogP contribution in [0.3, 0.4) is 0 Å². The first-order chi connectivity index (χ1) is 14.3. The van der Waals surface area contributed by atoms with Gasteiger partial charge < -0.3 is 14.8 Å². The number of amides is 1. The van der Waals surface area contributed by atoms with Crippen LogP contribution in [0.1, 0.15) is 21.5 Å². The number of sulfone groups is 1. The van der Waals surface area contributed by atoms with Gasteiger partial charge in [0.25, 0.3) is 5.91 Å². The lowest BCUT2D eigenvalue weighted by Gasteiger charge is -2.19. The van der Waals surface area contributed by atoms with Crippen LogP contribution in [0, 0.1) is 13.8 Å². The van der Waals surface area contributed by atoms with E-state index < -0.39 is 15.7 Å². The Hall–Kier alpha value is -3.39. The second-order valence-corrected chi connectivity index (χ2v) is 8.84. The molecule has 7 nitrogen and oxygen atoms in total. The van der Waals surface area contributed by atoms with Crippen LogP contribution < -0.4 is 14.8 Å². The van der Waals surface area contributed by atoms with Crippen LogP contribution in [0.5, 0.6) is 11.5 Å². The summed E-state index contributed by atoms with van der Waals surface area (Å²) in [6, 6.07) is 12.8. The fourth-order valence-corrected chi connectivity index (χ4v) is 4.26. The smallest absolute Gasteiger partial charge is 0.257 e. The van der Waals surface area contributed by atoms with Crippen molar-refractivity contribution >= 4 is 21.4 Å². The lowest BCUT2D eigenvalue weighted by atomic mass is 10.1. The number of nitrogens with zero attached hydrogens (tertiary/aromatic N) is 1. The molecule has 0 radical (unpaired) electrons. The number of fused-ring (bicyclic) bond motifs is 1. The van der Waals surface area contributed by atoms with Crippen molar-refractivity contribution in [3.8, 4) is 11.5 Å². The van der Waals surface area contributed by atoms with Gasteiger partial charge in [-0.1, -0.05) is 6.07 Å². The van der Waals surface area contributed by atoms with Crippen LogP contribution in [0.25, 0.3) is 0 Å². The molecule has 1 amide bonds. The van der Waals surface area contributed by atoms with Gasteiger partial charge in [-0.2, -0.15) is 0 Å². The van der Waals surface area contributed by atoms with E-state index in [1.807, 2.05) is 13.8 Å². The zero-order chi connectivity index (χ0) is 21.3. The van der Waals surface area contributed by atoms with Crippen molar-refractivity contribution in [2.45, 2.75) is 23.8 Å². The number of nitrogens with one attached hydrogen (secondary N) is 1. The predicted octanol–water partition coefficient (Wildman–Crippen LogP) is 3.55. The fourth-order valence-electron chi connectivity index (χ4n) is 3.00. The summed E-state index contributed by atoms with van der Waals surface area (Å²) in [6.45, 7) is 4.71. The van der Waals surface area contributed by atoms with Gasteiger partial charge in [0.2, 0.25) is 9.84 Å². The summed E-state index contributed by atoms with van der Waals surface area (Å²) in [5.74, 6) is 0.781. The van der Waals surface area contributed by atoms with Gasteiger partial charge in [0.05, 0.1) is 10.5 Å². The minimum absolute atomic E-state index is 0.110. The van der Waals surface area contributed by atoms with Gasteiger partial charge in [-0.15, -0.1) is 0 Å². The molecular formula is C22H20N2O5S. The van der Waals surface area contributed by atoms with Gasteiger partial charge in [-0.3, -0.25) is 4.79 Å². The number of carbonyl (C=O) groups is 1. The van der Waals surface area contributed by atoms with Gasteiger partial charge in [0, 0.05) is 18.0 Å². The Balaban J connectivity index is 1.53. The molecular weight excluding hydrogens is 404 g/mol. The molecule has 0 atom stereocenters. The fraction of sp³-hybridized carbons (Fsp3) is 0.182. The van der Waals surface area contributed by atoms with E-state index in [1.165, 1.54) is 18.3 Å². The second-order valence-electron chi connectivity index (χ2n) is 6.95. The third-order valence-electron chi connectivity index (χ3n) is 4.86. The lowest BCUT2D eigenvalue weighted by Crippen LogP contribution is -2.16. The molecule has 1 aliphatic heterocycles. The number of aromatic nitrogens is 1. The van der Waals surface area contributed by atoms with E-state index in [0.29, 0.717) is 30.4 Å². The molecule has 0 unspecified atom stereocenters. The highest BCUT2D eigenvalue weighted by molar-refractivity contribution is 7.91. The molecule has 2 aromatic carbocycles. The average molecular weight is 424 g/mol. The molecule has 0 bridgehead atoms. The molecule has 1 aliphatic rings. The van der Waals surface area contributed by atoms with Gasteiger partial charge in [0.1, 0.15) is 13.2 Å². The normalized spacial score (nSPS) is 13.0. The first kappa shape index (κ1) is 19.9. The number of hydrogen-bond acceptors (Lipinski definition) is 6. The molecule has 154 valence electrons. The standard InChI is InChI=1S/C22H20N2O5S/c1-14-3-6-18(11-15(14)2)30(26,27)21-8-4-16(13-23-21)22(25)24-17-5-7-19-20(12-17)29-10-9-28-19/h3-8,11-13H,9-10H2,1-2H3,(H,24,25). The molecule has 4 rings (SSSR count). The highest BCUT2D eigenvalue weighted by Gasteiger charge is 2.20. The van der Waals surface area contributed by atoms with Crippen LogP contribution in [0.2, 0.25) is 0 Å². The number of anilines is 1. The molecule has 1 aromatic heterocycles. The number of aryl methyl sites for hydroxylation is 2. The highest BCUT2D eigenvalue weighted by Crippen LogP contribution is 2.32. The summed E-state index contributed by atoms with van der Waals surface area (Å²) in [7, 11) is -3.76.